The highest BCUT2D eigenvalue weighted by Gasteiger charge is 2.15. The number of hydrogen-bond donors (Lipinski definition) is 1. The number of nitrogens with one attached hydrogen (secondary N) is 1. The summed E-state index contributed by atoms with van der Waals surface area (Å²) in [6, 6.07) is 13.2. The summed E-state index contributed by atoms with van der Waals surface area (Å²) in [6.45, 7) is 1.88. The Kier molecular flexibility index (Phi) is 7.55. The number of hydrogen-bond acceptors (Lipinski definition) is 4. The van der Waals surface area contributed by atoms with Crippen LogP contribution < -0.4 is 10.1 Å². The molecule has 1 amide bonds. The molecule has 1 N–H and O–H groups in total. The molecule has 0 spiro atoms. The quantitative estimate of drug-likeness (QED) is 0.572. The lowest BCUT2D eigenvalue weighted by Crippen LogP contribution is -2.36. The molecule has 0 fully saturated rings. The van der Waals surface area contributed by atoms with Crippen molar-refractivity contribution in [1.82, 2.24) is 5.32 Å². The normalized spacial score (nSPS) is 11.8. The summed E-state index contributed by atoms with van der Waals surface area (Å²) < 4.78 is 23.0. The molecule has 1 atom stereocenters. The zero-order chi connectivity index (χ0) is 19.6. The van der Waals surface area contributed by atoms with Crippen LogP contribution in [-0.4, -0.2) is 31.6 Å². The van der Waals surface area contributed by atoms with Crippen LogP contribution in [0.15, 0.2) is 54.6 Å². The summed E-state index contributed by atoms with van der Waals surface area (Å²) in [5.74, 6) is -0.568. The molecule has 0 aromatic heterocycles. The van der Waals surface area contributed by atoms with Gasteiger partial charge in [0.1, 0.15) is 11.6 Å². The van der Waals surface area contributed by atoms with Crippen molar-refractivity contribution in [2.75, 3.05) is 13.7 Å². The van der Waals surface area contributed by atoms with Crippen molar-refractivity contribution in [2.24, 2.45) is 0 Å². The summed E-state index contributed by atoms with van der Waals surface area (Å²) in [5.41, 5.74) is 1.72. The summed E-state index contributed by atoms with van der Waals surface area (Å²) in [5, 5.41) is 2.69. The predicted molar refractivity (Wildman–Crippen MR) is 101 cm³/mol. The van der Waals surface area contributed by atoms with Crippen LogP contribution in [0.3, 0.4) is 0 Å². The highest BCUT2D eigenvalue weighted by Crippen LogP contribution is 2.12. The Morgan fingerprint density at radius 2 is 1.78 bits per heavy atom. The monoisotopic (exact) mass is 371 g/mol. The molecule has 0 unspecified atom stereocenters. The SMILES string of the molecule is COc1ccc(/C=C/C(=O)O[C@@H](C)C(=O)NCCc2ccc(F)cc2)cc1. The maximum absolute atomic E-state index is 12.8. The smallest absolute Gasteiger partial charge is 0.331 e. The van der Waals surface area contributed by atoms with E-state index >= 15 is 0 Å². The molecule has 2 aromatic rings. The molecule has 0 aliphatic carbocycles. The molecule has 6 heteroatoms. The van der Waals surface area contributed by atoms with E-state index in [9.17, 15) is 14.0 Å². The van der Waals surface area contributed by atoms with Gasteiger partial charge in [-0.15, -0.1) is 0 Å². The summed E-state index contributed by atoms with van der Waals surface area (Å²) >= 11 is 0. The molecule has 0 radical (unpaired) electrons. The minimum Gasteiger partial charge on any atom is -0.497 e. The molecule has 2 rings (SSSR count). The highest BCUT2D eigenvalue weighted by molar-refractivity contribution is 5.90. The molecule has 0 saturated heterocycles. The van der Waals surface area contributed by atoms with E-state index < -0.39 is 12.1 Å². The number of benzene rings is 2. The van der Waals surface area contributed by atoms with Gasteiger partial charge in [-0.05, 0) is 54.8 Å². The Morgan fingerprint density at radius 3 is 2.41 bits per heavy atom. The number of methoxy groups -OCH3 is 1. The Bertz CT molecular complexity index is 785. The van der Waals surface area contributed by atoms with E-state index in [2.05, 4.69) is 5.32 Å². The second-order valence-electron chi connectivity index (χ2n) is 5.85. The van der Waals surface area contributed by atoms with Crippen molar-refractivity contribution in [3.05, 3.63) is 71.6 Å². The highest BCUT2D eigenvalue weighted by atomic mass is 19.1. The lowest BCUT2D eigenvalue weighted by molar-refractivity contribution is -0.150. The van der Waals surface area contributed by atoms with E-state index in [1.807, 2.05) is 0 Å². The minimum absolute atomic E-state index is 0.300. The van der Waals surface area contributed by atoms with Crippen LogP contribution in [0.1, 0.15) is 18.1 Å². The zero-order valence-corrected chi connectivity index (χ0v) is 15.3. The van der Waals surface area contributed by atoms with Crippen molar-refractivity contribution < 1.29 is 23.5 Å². The second-order valence-corrected chi connectivity index (χ2v) is 5.85. The Morgan fingerprint density at radius 1 is 1.11 bits per heavy atom. The fourth-order valence-electron chi connectivity index (χ4n) is 2.27. The van der Waals surface area contributed by atoms with Crippen LogP contribution in [0, 0.1) is 5.82 Å². The maximum atomic E-state index is 12.8. The van der Waals surface area contributed by atoms with Crippen molar-refractivity contribution in [3.63, 3.8) is 0 Å². The van der Waals surface area contributed by atoms with E-state index in [4.69, 9.17) is 9.47 Å². The van der Waals surface area contributed by atoms with Crippen molar-refractivity contribution in [2.45, 2.75) is 19.4 Å². The number of rotatable bonds is 8. The number of amides is 1. The number of halogens is 1. The summed E-state index contributed by atoms with van der Waals surface area (Å²) in [6.07, 6.45) is 2.51. The second kappa shape index (κ2) is 10.1. The Hall–Kier alpha value is -3.15. The average molecular weight is 371 g/mol. The first-order chi connectivity index (χ1) is 13.0. The molecular weight excluding hydrogens is 349 g/mol. The van der Waals surface area contributed by atoms with Gasteiger partial charge in [0, 0.05) is 12.6 Å². The summed E-state index contributed by atoms with van der Waals surface area (Å²) in [4.78, 5) is 23.8. The van der Waals surface area contributed by atoms with Gasteiger partial charge in [-0.25, -0.2) is 9.18 Å². The summed E-state index contributed by atoms with van der Waals surface area (Å²) in [7, 11) is 1.58. The fourth-order valence-corrected chi connectivity index (χ4v) is 2.27. The van der Waals surface area contributed by atoms with Crippen molar-refractivity contribution in [3.8, 4) is 5.75 Å². The molecular formula is C21H22FNO4. The largest absolute Gasteiger partial charge is 0.497 e. The topological polar surface area (TPSA) is 64.6 Å². The van der Waals surface area contributed by atoms with Crippen LogP contribution in [0.5, 0.6) is 5.75 Å². The third-order valence-corrected chi connectivity index (χ3v) is 3.82. The van der Waals surface area contributed by atoms with E-state index in [0.29, 0.717) is 13.0 Å². The number of carbonyl (C=O) groups is 2. The van der Waals surface area contributed by atoms with Gasteiger partial charge in [-0.3, -0.25) is 4.79 Å². The molecule has 2 aromatic carbocycles. The average Bonchev–Trinajstić information content (AvgIpc) is 2.68. The number of carbonyl (C=O) groups excluding carboxylic acids is 2. The van der Waals surface area contributed by atoms with Crippen LogP contribution in [0.25, 0.3) is 6.08 Å². The predicted octanol–water partition coefficient (Wildman–Crippen LogP) is 3.14. The van der Waals surface area contributed by atoms with E-state index in [-0.39, 0.29) is 11.7 Å². The number of esters is 1. The fraction of sp³-hybridized carbons (Fsp3) is 0.238. The van der Waals surface area contributed by atoms with Crippen LogP contribution >= 0.6 is 0 Å². The van der Waals surface area contributed by atoms with Gasteiger partial charge in [-0.2, -0.15) is 0 Å². The van der Waals surface area contributed by atoms with Gasteiger partial charge in [-0.1, -0.05) is 24.3 Å². The number of ether oxygens (including phenoxy) is 2. The van der Waals surface area contributed by atoms with E-state index in [1.54, 1.807) is 49.6 Å². The Balaban J connectivity index is 1.74. The van der Waals surface area contributed by atoms with Crippen LogP contribution in [-0.2, 0) is 20.7 Å². The molecule has 5 nitrogen and oxygen atoms in total. The molecule has 27 heavy (non-hydrogen) atoms. The zero-order valence-electron chi connectivity index (χ0n) is 15.3. The molecule has 0 heterocycles. The Labute approximate surface area is 157 Å². The van der Waals surface area contributed by atoms with Gasteiger partial charge >= 0.3 is 5.97 Å². The third-order valence-electron chi connectivity index (χ3n) is 3.82. The standard InChI is InChI=1S/C21H22FNO4/c1-15(21(25)23-14-13-17-3-8-18(22)9-4-17)27-20(24)12-7-16-5-10-19(26-2)11-6-16/h3-12,15H,13-14H2,1-2H3,(H,23,25)/b12-7+/t15-/m0/s1. The first-order valence-electron chi connectivity index (χ1n) is 8.53. The van der Waals surface area contributed by atoms with E-state index in [0.717, 1.165) is 16.9 Å². The van der Waals surface area contributed by atoms with Crippen molar-refractivity contribution >= 4 is 18.0 Å². The van der Waals surface area contributed by atoms with Crippen molar-refractivity contribution in [1.29, 1.82) is 0 Å². The lowest BCUT2D eigenvalue weighted by Gasteiger charge is -2.12. The lowest BCUT2D eigenvalue weighted by atomic mass is 10.1. The van der Waals surface area contributed by atoms with Gasteiger partial charge < -0.3 is 14.8 Å². The third kappa shape index (κ3) is 6.93. The van der Waals surface area contributed by atoms with Crippen LogP contribution in [0.4, 0.5) is 4.39 Å². The molecule has 0 aliphatic rings. The van der Waals surface area contributed by atoms with E-state index in [1.165, 1.54) is 25.1 Å². The van der Waals surface area contributed by atoms with Gasteiger partial charge in [0.25, 0.3) is 5.91 Å². The maximum Gasteiger partial charge on any atom is 0.331 e. The molecule has 142 valence electrons. The van der Waals surface area contributed by atoms with Gasteiger partial charge in [0.05, 0.1) is 7.11 Å². The molecule has 0 bridgehead atoms. The molecule has 0 aliphatic heterocycles. The van der Waals surface area contributed by atoms with Gasteiger partial charge in [0.2, 0.25) is 0 Å². The van der Waals surface area contributed by atoms with Crippen LogP contribution in [0.2, 0.25) is 0 Å². The van der Waals surface area contributed by atoms with Gasteiger partial charge in [0.15, 0.2) is 6.10 Å². The molecule has 0 saturated carbocycles. The first-order valence-corrected chi connectivity index (χ1v) is 8.53. The minimum atomic E-state index is -0.911. The first kappa shape index (κ1) is 20.2.